The minimum atomic E-state index is 0.296. The molecule has 98 valence electrons. The van der Waals surface area contributed by atoms with E-state index < -0.39 is 0 Å². The van der Waals surface area contributed by atoms with E-state index in [-0.39, 0.29) is 0 Å². The summed E-state index contributed by atoms with van der Waals surface area (Å²) in [4.78, 5) is 9.89. The highest BCUT2D eigenvalue weighted by atomic mass is 32.2. The lowest BCUT2D eigenvalue weighted by Gasteiger charge is -2.15. The Balaban J connectivity index is 2.03. The third kappa shape index (κ3) is 3.17. The molecule has 0 aliphatic rings. The number of H-pyrrole nitrogens is 1. The van der Waals surface area contributed by atoms with Gasteiger partial charge in [-0.05, 0) is 33.2 Å². The van der Waals surface area contributed by atoms with E-state index in [9.17, 15) is 0 Å². The summed E-state index contributed by atoms with van der Waals surface area (Å²) in [5.41, 5.74) is 1.21. The molecule has 0 aliphatic carbocycles. The van der Waals surface area contributed by atoms with Crippen LogP contribution in [-0.4, -0.2) is 45.8 Å². The summed E-state index contributed by atoms with van der Waals surface area (Å²) in [6.45, 7) is 3.25. The van der Waals surface area contributed by atoms with E-state index >= 15 is 0 Å². The fraction of sp³-hybridized carbons (Fsp3) is 0.462. The zero-order valence-electron chi connectivity index (χ0n) is 11.1. The topological polar surface area (TPSA) is 36.9 Å². The first kappa shape index (κ1) is 13.2. The maximum atomic E-state index is 4.44. The van der Waals surface area contributed by atoms with Gasteiger partial charge in [-0.3, -0.25) is 0 Å². The largest absolute Gasteiger partial charge is 0.363 e. The molecule has 0 amide bonds. The van der Waals surface area contributed by atoms with Gasteiger partial charge in [0.15, 0.2) is 5.16 Å². The second kappa shape index (κ2) is 6.11. The molecule has 0 spiro atoms. The van der Waals surface area contributed by atoms with E-state index in [1.165, 1.54) is 5.69 Å². The van der Waals surface area contributed by atoms with Crippen LogP contribution in [0.25, 0.3) is 0 Å². The van der Waals surface area contributed by atoms with Crippen molar-refractivity contribution in [1.29, 1.82) is 0 Å². The number of imidazole rings is 1. The van der Waals surface area contributed by atoms with Crippen molar-refractivity contribution < 1.29 is 0 Å². The summed E-state index contributed by atoms with van der Waals surface area (Å²) in [6, 6.07) is 4.44. The zero-order chi connectivity index (χ0) is 13.0. The molecule has 0 aromatic carbocycles. The highest BCUT2D eigenvalue weighted by Gasteiger charge is 2.12. The number of thioether (sulfide) groups is 1. The molecule has 0 saturated heterocycles. The van der Waals surface area contributed by atoms with Gasteiger partial charge >= 0.3 is 0 Å². The first-order chi connectivity index (χ1) is 8.68. The molecular formula is C13H20N4S. The van der Waals surface area contributed by atoms with Crippen molar-refractivity contribution in [2.24, 2.45) is 0 Å². The Kier molecular flexibility index (Phi) is 4.49. The molecule has 2 heterocycles. The Hall–Kier alpha value is -1.20. The molecule has 1 unspecified atom stereocenters. The van der Waals surface area contributed by atoms with Crippen LogP contribution >= 0.6 is 11.8 Å². The van der Waals surface area contributed by atoms with Crippen LogP contribution in [0.3, 0.4) is 0 Å². The Labute approximate surface area is 112 Å². The second-order valence-corrected chi connectivity index (χ2v) is 5.63. The van der Waals surface area contributed by atoms with Crippen LogP contribution in [-0.2, 0) is 0 Å². The fourth-order valence-corrected chi connectivity index (χ4v) is 2.92. The molecule has 0 aliphatic heterocycles. The number of nitrogens with one attached hydrogen (secondary N) is 1. The SMILES string of the molecule is CC(c1ccc[nH]1)n1ccnc1SCCN(C)C. The molecular weight excluding hydrogens is 244 g/mol. The number of hydrogen-bond donors (Lipinski definition) is 1. The van der Waals surface area contributed by atoms with Crippen LogP contribution in [0.4, 0.5) is 0 Å². The molecule has 0 radical (unpaired) electrons. The summed E-state index contributed by atoms with van der Waals surface area (Å²) in [6.07, 6.45) is 5.88. The lowest BCUT2D eigenvalue weighted by Crippen LogP contribution is -2.15. The maximum absolute atomic E-state index is 4.44. The van der Waals surface area contributed by atoms with Crippen LogP contribution in [0.2, 0.25) is 0 Å². The number of nitrogens with zero attached hydrogens (tertiary/aromatic N) is 3. The number of rotatable bonds is 6. The molecule has 2 rings (SSSR count). The molecule has 2 aromatic rings. The first-order valence-electron chi connectivity index (χ1n) is 6.12. The minimum absolute atomic E-state index is 0.296. The predicted octanol–water partition coefficient (Wildman–Crippen LogP) is 2.47. The lowest BCUT2D eigenvalue weighted by molar-refractivity contribution is 0.437. The van der Waals surface area contributed by atoms with Crippen molar-refractivity contribution in [2.75, 3.05) is 26.4 Å². The first-order valence-corrected chi connectivity index (χ1v) is 7.10. The van der Waals surface area contributed by atoms with E-state index in [4.69, 9.17) is 0 Å². The van der Waals surface area contributed by atoms with E-state index in [0.717, 1.165) is 17.5 Å². The Morgan fingerprint density at radius 3 is 3.00 bits per heavy atom. The van der Waals surface area contributed by atoms with Gasteiger partial charge in [0, 0.05) is 36.6 Å². The van der Waals surface area contributed by atoms with Crippen LogP contribution < -0.4 is 0 Å². The molecule has 1 atom stereocenters. The van der Waals surface area contributed by atoms with Gasteiger partial charge in [-0.25, -0.2) is 4.98 Å². The van der Waals surface area contributed by atoms with Crippen LogP contribution in [0, 0.1) is 0 Å². The van der Waals surface area contributed by atoms with Gasteiger partial charge in [-0.2, -0.15) is 0 Å². The van der Waals surface area contributed by atoms with Crippen molar-refractivity contribution in [3.05, 3.63) is 36.4 Å². The Morgan fingerprint density at radius 2 is 2.33 bits per heavy atom. The van der Waals surface area contributed by atoms with Gasteiger partial charge in [0.25, 0.3) is 0 Å². The third-order valence-electron chi connectivity index (χ3n) is 2.89. The van der Waals surface area contributed by atoms with E-state index in [1.807, 2.05) is 24.7 Å². The van der Waals surface area contributed by atoms with Gasteiger partial charge < -0.3 is 14.5 Å². The monoisotopic (exact) mass is 264 g/mol. The Bertz CT molecular complexity index is 461. The van der Waals surface area contributed by atoms with E-state index in [1.54, 1.807) is 11.8 Å². The van der Waals surface area contributed by atoms with Crippen molar-refractivity contribution in [3.63, 3.8) is 0 Å². The van der Waals surface area contributed by atoms with Crippen LogP contribution in [0.1, 0.15) is 18.7 Å². The summed E-state index contributed by atoms with van der Waals surface area (Å²) in [5, 5.41) is 1.08. The average molecular weight is 264 g/mol. The van der Waals surface area contributed by atoms with Crippen molar-refractivity contribution in [1.82, 2.24) is 19.4 Å². The molecule has 4 nitrogen and oxygen atoms in total. The zero-order valence-corrected chi connectivity index (χ0v) is 11.9. The standard InChI is InChI=1S/C13H20N4S/c1-11(12-5-4-6-14-12)17-8-7-15-13(17)18-10-9-16(2)3/h4-8,11,14H,9-10H2,1-3H3. The van der Waals surface area contributed by atoms with Gasteiger partial charge in [-0.1, -0.05) is 11.8 Å². The lowest BCUT2D eigenvalue weighted by atomic mass is 10.2. The van der Waals surface area contributed by atoms with Gasteiger partial charge in [-0.15, -0.1) is 0 Å². The molecule has 2 aromatic heterocycles. The van der Waals surface area contributed by atoms with Gasteiger partial charge in [0.1, 0.15) is 0 Å². The molecule has 5 heteroatoms. The molecule has 0 bridgehead atoms. The second-order valence-electron chi connectivity index (χ2n) is 4.57. The minimum Gasteiger partial charge on any atom is -0.363 e. The number of hydrogen-bond acceptors (Lipinski definition) is 3. The van der Waals surface area contributed by atoms with Crippen molar-refractivity contribution >= 4 is 11.8 Å². The highest BCUT2D eigenvalue weighted by molar-refractivity contribution is 7.99. The van der Waals surface area contributed by atoms with Crippen molar-refractivity contribution in [2.45, 2.75) is 18.1 Å². The summed E-state index contributed by atoms with van der Waals surface area (Å²) in [5.74, 6) is 1.06. The molecule has 0 fully saturated rings. The summed E-state index contributed by atoms with van der Waals surface area (Å²) >= 11 is 1.80. The van der Waals surface area contributed by atoms with Crippen LogP contribution in [0.5, 0.6) is 0 Å². The summed E-state index contributed by atoms with van der Waals surface area (Å²) < 4.78 is 2.21. The third-order valence-corrected chi connectivity index (χ3v) is 3.85. The Morgan fingerprint density at radius 1 is 1.50 bits per heavy atom. The average Bonchev–Trinajstić information content (AvgIpc) is 2.98. The molecule has 1 N–H and O–H groups in total. The fourth-order valence-electron chi connectivity index (χ4n) is 1.78. The van der Waals surface area contributed by atoms with Gasteiger partial charge in [0.2, 0.25) is 0 Å². The molecule has 0 saturated carbocycles. The number of aromatic amines is 1. The maximum Gasteiger partial charge on any atom is 0.168 e. The van der Waals surface area contributed by atoms with Crippen molar-refractivity contribution in [3.8, 4) is 0 Å². The molecule has 18 heavy (non-hydrogen) atoms. The van der Waals surface area contributed by atoms with Crippen LogP contribution in [0.15, 0.2) is 35.9 Å². The van der Waals surface area contributed by atoms with E-state index in [2.05, 4.69) is 46.5 Å². The summed E-state index contributed by atoms with van der Waals surface area (Å²) in [7, 11) is 4.18. The predicted molar refractivity (Wildman–Crippen MR) is 76.1 cm³/mol. The highest BCUT2D eigenvalue weighted by Crippen LogP contribution is 2.23. The van der Waals surface area contributed by atoms with Gasteiger partial charge in [0.05, 0.1) is 6.04 Å². The normalized spacial score (nSPS) is 13.1. The quantitative estimate of drug-likeness (QED) is 0.814. The smallest absolute Gasteiger partial charge is 0.168 e. The number of aromatic nitrogens is 3. The van der Waals surface area contributed by atoms with E-state index in [0.29, 0.717) is 6.04 Å².